The van der Waals surface area contributed by atoms with Crippen molar-refractivity contribution in [2.75, 3.05) is 25.5 Å². The van der Waals surface area contributed by atoms with Crippen molar-refractivity contribution < 1.29 is 14.3 Å². The Balaban J connectivity index is 1.27. The van der Waals surface area contributed by atoms with Crippen LogP contribution in [0.2, 0.25) is 0 Å². The molecule has 1 amide bonds. The van der Waals surface area contributed by atoms with E-state index in [-0.39, 0.29) is 11.9 Å². The van der Waals surface area contributed by atoms with Crippen molar-refractivity contribution in [2.24, 2.45) is 0 Å². The first-order chi connectivity index (χ1) is 14.2. The summed E-state index contributed by atoms with van der Waals surface area (Å²) < 4.78 is 13.5. The lowest BCUT2D eigenvalue weighted by Crippen LogP contribution is -2.32. The Morgan fingerprint density at radius 2 is 2.00 bits per heavy atom. The molecule has 2 aliphatic heterocycles. The molecule has 3 aliphatic rings. The monoisotopic (exact) mass is 414 g/mol. The van der Waals surface area contributed by atoms with Gasteiger partial charge in [-0.2, -0.15) is 0 Å². The third kappa shape index (κ3) is 3.70. The fraction of sp³-hybridized carbons (Fsp3) is 0.571. The largest absolute Gasteiger partial charge is 0.486 e. The highest BCUT2D eigenvalue weighted by atomic mass is 32.2. The highest BCUT2D eigenvalue weighted by Crippen LogP contribution is 2.41. The van der Waals surface area contributed by atoms with Gasteiger partial charge in [0.25, 0.3) is 0 Å². The summed E-state index contributed by atoms with van der Waals surface area (Å²) in [7, 11) is 0. The predicted molar refractivity (Wildman–Crippen MR) is 110 cm³/mol. The molecule has 1 saturated carbocycles. The normalized spacial score (nSPS) is 20.9. The third-order valence-electron chi connectivity index (χ3n) is 5.85. The molecule has 2 aromatic rings. The molecule has 154 valence electrons. The van der Waals surface area contributed by atoms with Crippen LogP contribution in [0.4, 0.5) is 0 Å². The number of nitrogens with zero attached hydrogens (tertiary/aromatic N) is 4. The zero-order valence-electron chi connectivity index (χ0n) is 16.7. The van der Waals surface area contributed by atoms with Gasteiger partial charge in [-0.1, -0.05) is 17.8 Å². The van der Waals surface area contributed by atoms with E-state index in [1.807, 2.05) is 17.0 Å². The maximum absolute atomic E-state index is 13.0. The Bertz CT molecular complexity index is 911. The SMILES string of the molecule is CCn1c(SCC(=O)N2CCC[C@@H]2c2ccc3c(c2)OCCO3)nnc1C1CC1. The molecular weight excluding hydrogens is 388 g/mol. The van der Waals surface area contributed by atoms with Crippen LogP contribution in [0.1, 0.15) is 56.0 Å². The second-order valence-corrected chi connectivity index (χ2v) is 8.74. The van der Waals surface area contributed by atoms with Crippen molar-refractivity contribution in [3.05, 3.63) is 29.6 Å². The number of carbonyl (C=O) groups excluding carboxylic acids is 1. The van der Waals surface area contributed by atoms with E-state index in [1.165, 1.54) is 24.6 Å². The molecule has 2 fully saturated rings. The van der Waals surface area contributed by atoms with E-state index in [2.05, 4.69) is 27.8 Å². The van der Waals surface area contributed by atoms with E-state index in [0.717, 1.165) is 54.0 Å². The van der Waals surface area contributed by atoms with Crippen LogP contribution in [0.5, 0.6) is 11.5 Å². The van der Waals surface area contributed by atoms with E-state index in [1.54, 1.807) is 0 Å². The molecule has 7 nitrogen and oxygen atoms in total. The standard InChI is InChI=1S/C21H26N4O3S/c1-2-24-20(14-5-6-14)22-23-21(24)29-13-19(26)25-9-3-4-16(25)15-7-8-17-18(12-15)28-11-10-27-17/h7-8,12,14,16H,2-6,9-11,13H2,1H3/t16-/m1/s1. The van der Waals surface area contributed by atoms with Gasteiger partial charge in [-0.3, -0.25) is 4.79 Å². The lowest BCUT2D eigenvalue weighted by molar-refractivity contribution is -0.129. The van der Waals surface area contributed by atoms with Crippen molar-refractivity contribution in [1.29, 1.82) is 0 Å². The van der Waals surface area contributed by atoms with Gasteiger partial charge in [-0.15, -0.1) is 10.2 Å². The quantitative estimate of drug-likeness (QED) is 0.675. The Morgan fingerprint density at radius 1 is 1.17 bits per heavy atom. The lowest BCUT2D eigenvalue weighted by Gasteiger charge is -2.26. The molecule has 0 N–H and O–H groups in total. The molecule has 0 radical (unpaired) electrons. The molecule has 8 heteroatoms. The summed E-state index contributed by atoms with van der Waals surface area (Å²) in [5, 5.41) is 9.58. The number of ether oxygens (including phenoxy) is 2. The first-order valence-corrected chi connectivity index (χ1v) is 11.5. The van der Waals surface area contributed by atoms with E-state index in [9.17, 15) is 4.79 Å². The molecule has 1 aromatic carbocycles. The number of likely N-dealkylation sites (tertiary alicyclic amines) is 1. The van der Waals surface area contributed by atoms with Crippen molar-refractivity contribution in [3.63, 3.8) is 0 Å². The summed E-state index contributed by atoms with van der Waals surface area (Å²) >= 11 is 1.51. The number of fused-ring (bicyclic) bond motifs is 1. The minimum Gasteiger partial charge on any atom is -0.486 e. The number of benzene rings is 1. The minimum absolute atomic E-state index is 0.102. The van der Waals surface area contributed by atoms with Crippen LogP contribution in [-0.2, 0) is 11.3 Å². The van der Waals surface area contributed by atoms with Gasteiger partial charge in [-0.05, 0) is 50.3 Å². The number of hydrogen-bond acceptors (Lipinski definition) is 6. The smallest absolute Gasteiger partial charge is 0.233 e. The van der Waals surface area contributed by atoms with Gasteiger partial charge in [0.15, 0.2) is 16.7 Å². The number of rotatable bonds is 6. The molecule has 0 bridgehead atoms. The van der Waals surface area contributed by atoms with Crippen molar-refractivity contribution in [2.45, 2.75) is 56.3 Å². The minimum atomic E-state index is 0.102. The molecule has 1 saturated heterocycles. The zero-order chi connectivity index (χ0) is 19.8. The van der Waals surface area contributed by atoms with Crippen LogP contribution in [0, 0.1) is 0 Å². The predicted octanol–water partition coefficient (Wildman–Crippen LogP) is 3.40. The third-order valence-corrected chi connectivity index (χ3v) is 6.80. The van der Waals surface area contributed by atoms with E-state index < -0.39 is 0 Å². The van der Waals surface area contributed by atoms with Gasteiger partial charge in [0, 0.05) is 19.0 Å². The van der Waals surface area contributed by atoms with Gasteiger partial charge in [0.05, 0.1) is 11.8 Å². The first kappa shape index (κ1) is 18.8. The summed E-state index contributed by atoms with van der Waals surface area (Å²) in [6.07, 6.45) is 4.40. The van der Waals surface area contributed by atoms with Crippen molar-refractivity contribution in [1.82, 2.24) is 19.7 Å². The average molecular weight is 415 g/mol. The molecule has 3 heterocycles. The van der Waals surface area contributed by atoms with Crippen molar-refractivity contribution >= 4 is 17.7 Å². The summed E-state index contributed by atoms with van der Waals surface area (Å²) in [4.78, 5) is 15.0. The fourth-order valence-corrected chi connectivity index (χ4v) is 5.13. The van der Waals surface area contributed by atoms with Gasteiger partial charge in [-0.25, -0.2) is 0 Å². The van der Waals surface area contributed by atoms with Crippen molar-refractivity contribution in [3.8, 4) is 11.5 Å². The van der Waals surface area contributed by atoms with E-state index >= 15 is 0 Å². The maximum Gasteiger partial charge on any atom is 0.233 e. The summed E-state index contributed by atoms with van der Waals surface area (Å²) in [6.45, 7) is 4.91. The number of hydrogen-bond donors (Lipinski definition) is 0. The van der Waals surface area contributed by atoms with Crippen LogP contribution in [0.25, 0.3) is 0 Å². The lowest BCUT2D eigenvalue weighted by atomic mass is 10.0. The van der Waals surface area contributed by atoms with E-state index in [4.69, 9.17) is 9.47 Å². The van der Waals surface area contributed by atoms with Crippen LogP contribution in [0.15, 0.2) is 23.4 Å². The Kier molecular flexibility index (Phi) is 5.11. The van der Waals surface area contributed by atoms with Gasteiger partial charge in [0.1, 0.15) is 19.0 Å². The summed E-state index contributed by atoms with van der Waals surface area (Å²) in [6, 6.07) is 6.16. The molecule has 29 heavy (non-hydrogen) atoms. The Morgan fingerprint density at radius 3 is 2.79 bits per heavy atom. The van der Waals surface area contributed by atoms with Crippen LogP contribution in [-0.4, -0.2) is 51.1 Å². The molecular formula is C21H26N4O3S. The van der Waals surface area contributed by atoms with Gasteiger partial charge < -0.3 is 18.9 Å². The highest BCUT2D eigenvalue weighted by molar-refractivity contribution is 7.99. The average Bonchev–Trinajstić information content (AvgIpc) is 3.33. The second-order valence-electron chi connectivity index (χ2n) is 7.80. The molecule has 1 atom stereocenters. The van der Waals surface area contributed by atoms with Gasteiger partial charge >= 0.3 is 0 Å². The fourth-order valence-electron chi connectivity index (χ4n) is 4.24. The summed E-state index contributed by atoms with van der Waals surface area (Å²) in [5.74, 6) is 3.77. The zero-order valence-corrected chi connectivity index (χ0v) is 17.5. The number of carbonyl (C=O) groups is 1. The number of aromatic nitrogens is 3. The Labute approximate surface area is 174 Å². The molecule has 0 unspecified atom stereocenters. The molecule has 0 spiro atoms. The Hall–Kier alpha value is -2.22. The highest BCUT2D eigenvalue weighted by Gasteiger charge is 2.32. The van der Waals surface area contributed by atoms with Crippen LogP contribution >= 0.6 is 11.8 Å². The van der Waals surface area contributed by atoms with Gasteiger partial charge in [0.2, 0.25) is 5.91 Å². The topological polar surface area (TPSA) is 69.5 Å². The molecule has 1 aromatic heterocycles. The maximum atomic E-state index is 13.0. The number of amides is 1. The van der Waals surface area contributed by atoms with Crippen LogP contribution in [0.3, 0.4) is 0 Å². The molecule has 5 rings (SSSR count). The molecule has 1 aliphatic carbocycles. The van der Waals surface area contributed by atoms with E-state index in [0.29, 0.717) is 24.9 Å². The first-order valence-electron chi connectivity index (χ1n) is 10.5. The second kappa shape index (κ2) is 7.89. The van der Waals surface area contributed by atoms with Crippen LogP contribution < -0.4 is 9.47 Å². The number of thioether (sulfide) groups is 1. The summed E-state index contributed by atoms with van der Waals surface area (Å²) in [5.41, 5.74) is 1.12.